The Balaban J connectivity index is 1.56. The minimum atomic E-state index is -4.29. The molecule has 4 aromatic rings. The molecule has 0 amide bonds. The average Bonchev–Trinajstić information content (AvgIpc) is 3.40. The summed E-state index contributed by atoms with van der Waals surface area (Å²) in [5, 5.41) is 0.0248. The fourth-order valence-corrected chi connectivity index (χ4v) is 5.32. The van der Waals surface area contributed by atoms with E-state index in [9.17, 15) is 14.4 Å². The third kappa shape index (κ3) is 2.98. The topological polar surface area (TPSA) is 76.0 Å². The van der Waals surface area contributed by atoms with E-state index in [-0.39, 0.29) is 18.0 Å². The van der Waals surface area contributed by atoms with Crippen LogP contribution in [-0.2, 0) is 4.57 Å². The van der Waals surface area contributed by atoms with Crippen molar-refractivity contribution in [2.45, 2.75) is 5.92 Å². The molecule has 0 radical (unpaired) electrons. The van der Waals surface area contributed by atoms with E-state index >= 15 is 0 Å². The van der Waals surface area contributed by atoms with Gasteiger partial charge >= 0.3 is 7.60 Å². The Hall–Kier alpha value is -3.37. The summed E-state index contributed by atoms with van der Waals surface area (Å²) >= 11 is 0. The van der Waals surface area contributed by atoms with Gasteiger partial charge in [-0.25, -0.2) is 0 Å². The average molecular weight is 442 g/mol. The number of hydrogen-bond acceptors (Lipinski definition) is 3. The number of ether oxygens (including phenoxy) is 2. The van der Waals surface area contributed by atoms with Crippen molar-refractivity contribution in [2.75, 3.05) is 6.79 Å². The first kappa shape index (κ1) is 19.3. The van der Waals surface area contributed by atoms with Crippen LogP contribution in [0.2, 0.25) is 0 Å². The van der Waals surface area contributed by atoms with E-state index < -0.39 is 7.60 Å². The van der Waals surface area contributed by atoms with E-state index in [4.69, 9.17) is 9.47 Å². The molecule has 1 atom stereocenters. The molecule has 1 heterocycles. The summed E-state index contributed by atoms with van der Waals surface area (Å²) < 4.78 is 22.7. The summed E-state index contributed by atoms with van der Waals surface area (Å²) in [5.74, 6) is 1.43. The largest absolute Gasteiger partial charge is 0.454 e. The van der Waals surface area contributed by atoms with Crippen LogP contribution in [0.5, 0.6) is 11.5 Å². The van der Waals surface area contributed by atoms with Gasteiger partial charge in [-0.3, -0.25) is 4.57 Å². The van der Waals surface area contributed by atoms with Crippen LogP contribution in [0.1, 0.15) is 22.6 Å². The van der Waals surface area contributed by atoms with Crippen LogP contribution in [0, 0.1) is 0 Å². The van der Waals surface area contributed by atoms with Gasteiger partial charge in [0.2, 0.25) is 6.79 Å². The Morgan fingerprint density at radius 1 is 0.750 bits per heavy atom. The van der Waals surface area contributed by atoms with Crippen molar-refractivity contribution in [1.82, 2.24) is 0 Å². The molecule has 5 nitrogen and oxygen atoms in total. The Bertz CT molecular complexity index is 1400. The zero-order valence-electron chi connectivity index (χ0n) is 16.9. The van der Waals surface area contributed by atoms with Crippen LogP contribution in [0.3, 0.4) is 0 Å². The van der Waals surface area contributed by atoms with Crippen LogP contribution in [-0.4, -0.2) is 16.6 Å². The molecule has 158 valence electrons. The fraction of sp³-hybridized carbons (Fsp3) is 0.0769. The molecule has 32 heavy (non-hydrogen) atoms. The monoisotopic (exact) mass is 442 g/mol. The van der Waals surface area contributed by atoms with Gasteiger partial charge in [-0.1, -0.05) is 60.7 Å². The number of benzene rings is 4. The summed E-state index contributed by atoms with van der Waals surface area (Å²) in [6.07, 6.45) is 0. The number of fused-ring (bicyclic) bond motifs is 4. The second-order valence-electron chi connectivity index (χ2n) is 7.99. The molecule has 0 saturated heterocycles. The van der Waals surface area contributed by atoms with Gasteiger partial charge in [0.25, 0.3) is 0 Å². The van der Waals surface area contributed by atoms with Crippen molar-refractivity contribution < 1.29 is 23.8 Å². The van der Waals surface area contributed by atoms with Crippen molar-refractivity contribution in [2.24, 2.45) is 0 Å². The third-order valence-corrected chi connectivity index (χ3v) is 7.17. The summed E-state index contributed by atoms with van der Waals surface area (Å²) in [5.41, 5.74) is 7.82. The van der Waals surface area contributed by atoms with E-state index in [1.54, 1.807) is 0 Å². The lowest BCUT2D eigenvalue weighted by Gasteiger charge is -2.19. The third-order valence-electron chi connectivity index (χ3n) is 6.20. The lowest BCUT2D eigenvalue weighted by Crippen LogP contribution is -2.06. The summed E-state index contributed by atoms with van der Waals surface area (Å²) in [4.78, 5) is 19.0. The molecular weight excluding hydrogens is 423 g/mol. The highest BCUT2D eigenvalue weighted by Gasteiger charge is 2.32. The van der Waals surface area contributed by atoms with Crippen LogP contribution in [0.4, 0.5) is 0 Å². The molecule has 6 heteroatoms. The lowest BCUT2D eigenvalue weighted by molar-refractivity contribution is 0.174. The molecule has 2 N–H and O–H groups in total. The summed E-state index contributed by atoms with van der Waals surface area (Å²) in [7, 11) is -4.29. The zero-order chi connectivity index (χ0) is 21.9. The second-order valence-corrected chi connectivity index (χ2v) is 9.60. The van der Waals surface area contributed by atoms with E-state index in [0.717, 1.165) is 28.2 Å². The van der Waals surface area contributed by atoms with Crippen molar-refractivity contribution in [3.63, 3.8) is 0 Å². The Morgan fingerprint density at radius 2 is 1.47 bits per heavy atom. The zero-order valence-corrected chi connectivity index (χ0v) is 17.8. The van der Waals surface area contributed by atoms with E-state index in [1.807, 2.05) is 42.5 Å². The van der Waals surface area contributed by atoms with E-state index in [2.05, 4.69) is 30.3 Å². The molecule has 0 aromatic heterocycles. The molecule has 0 bridgehead atoms. The standard InChI is InChI=1S/C26H19O5P/c27-32(28,29)18-11-8-16(9-12-18)25-21-5-2-1-4-20(21)22-7-3-6-19(26(22)25)17-10-13-23-24(14-17)31-15-30-23/h1-14,25H,15H2,(H2,27,28,29)/t25-/m0/s1. The first-order valence-corrected chi connectivity index (χ1v) is 11.9. The maximum absolute atomic E-state index is 11.7. The number of hydrogen-bond donors (Lipinski definition) is 2. The van der Waals surface area contributed by atoms with Gasteiger partial charge in [0.1, 0.15) is 0 Å². The van der Waals surface area contributed by atoms with Crippen LogP contribution in [0.15, 0.2) is 84.9 Å². The molecule has 0 spiro atoms. The van der Waals surface area contributed by atoms with Gasteiger partial charge in [-0.05, 0) is 63.2 Å². The Labute approximate surface area is 185 Å². The first-order chi connectivity index (χ1) is 15.5. The van der Waals surface area contributed by atoms with Crippen molar-refractivity contribution in [3.8, 4) is 33.8 Å². The highest BCUT2D eigenvalue weighted by molar-refractivity contribution is 7.60. The van der Waals surface area contributed by atoms with Crippen LogP contribution >= 0.6 is 7.60 Å². The van der Waals surface area contributed by atoms with Gasteiger partial charge < -0.3 is 19.3 Å². The van der Waals surface area contributed by atoms with Gasteiger partial charge in [0.15, 0.2) is 11.5 Å². The van der Waals surface area contributed by atoms with Gasteiger partial charge in [0.05, 0.1) is 5.30 Å². The first-order valence-electron chi connectivity index (χ1n) is 10.3. The maximum atomic E-state index is 11.7. The molecule has 2 aliphatic rings. The highest BCUT2D eigenvalue weighted by atomic mass is 31.2. The molecule has 1 aliphatic heterocycles. The van der Waals surface area contributed by atoms with Crippen molar-refractivity contribution in [1.29, 1.82) is 0 Å². The maximum Gasteiger partial charge on any atom is 0.356 e. The molecular formula is C26H19O5P. The lowest BCUT2D eigenvalue weighted by atomic mass is 9.85. The molecule has 0 fully saturated rings. The van der Waals surface area contributed by atoms with Gasteiger partial charge in [-0.15, -0.1) is 0 Å². The summed E-state index contributed by atoms with van der Waals surface area (Å²) in [6.45, 7) is 0.228. The normalized spacial score (nSPS) is 16.0. The Morgan fingerprint density at radius 3 is 2.28 bits per heavy atom. The van der Waals surface area contributed by atoms with Crippen LogP contribution in [0.25, 0.3) is 22.3 Å². The minimum Gasteiger partial charge on any atom is -0.454 e. The minimum absolute atomic E-state index is 0.0248. The summed E-state index contributed by atoms with van der Waals surface area (Å²) in [6, 6.07) is 27.3. The smallest absolute Gasteiger partial charge is 0.356 e. The van der Waals surface area contributed by atoms with E-state index in [1.165, 1.54) is 34.4 Å². The predicted molar refractivity (Wildman–Crippen MR) is 123 cm³/mol. The van der Waals surface area contributed by atoms with Crippen molar-refractivity contribution >= 4 is 12.9 Å². The molecule has 0 saturated carbocycles. The van der Waals surface area contributed by atoms with E-state index in [0.29, 0.717) is 0 Å². The molecule has 0 unspecified atom stereocenters. The molecule has 1 aliphatic carbocycles. The molecule has 4 aromatic carbocycles. The highest BCUT2D eigenvalue weighted by Crippen LogP contribution is 2.52. The quantitative estimate of drug-likeness (QED) is 0.383. The van der Waals surface area contributed by atoms with Crippen LogP contribution < -0.4 is 14.8 Å². The fourth-order valence-electron chi connectivity index (χ4n) is 4.78. The van der Waals surface area contributed by atoms with Crippen molar-refractivity contribution in [3.05, 3.63) is 102 Å². The second kappa shape index (κ2) is 7.07. The molecule has 6 rings (SSSR count). The van der Waals surface area contributed by atoms with Gasteiger partial charge in [-0.2, -0.15) is 0 Å². The SMILES string of the molecule is O=P(O)(O)c1ccc([C@H]2c3ccccc3-c3cccc(-c4ccc5c(c4)OCO5)c32)cc1. The van der Waals surface area contributed by atoms with Gasteiger partial charge in [0, 0.05) is 5.92 Å². The number of rotatable bonds is 3. The predicted octanol–water partition coefficient (Wildman–Crippen LogP) is 5.05. The Kier molecular flexibility index (Phi) is 4.27.